The van der Waals surface area contributed by atoms with Crippen molar-refractivity contribution in [3.63, 3.8) is 0 Å². The van der Waals surface area contributed by atoms with Gasteiger partial charge in [0.05, 0.1) is 6.04 Å². The molecule has 0 saturated heterocycles. The molecule has 0 unspecified atom stereocenters. The van der Waals surface area contributed by atoms with E-state index >= 15 is 0 Å². The zero-order valence-corrected chi connectivity index (χ0v) is 8.97. The molecule has 0 fully saturated rings. The molecule has 0 spiro atoms. The number of halogens is 3. The molecule has 0 aromatic rings. The monoisotopic (exact) mass is 226 g/mol. The highest BCUT2D eigenvalue weighted by Crippen LogP contribution is 2.17. The number of carbonyl (C=O) groups excluding carboxylic acids is 1. The lowest BCUT2D eigenvalue weighted by Gasteiger charge is -2.25. The number of nitrogens with two attached hydrogens (primary N) is 1. The molecule has 6 heteroatoms. The molecule has 1 atom stereocenters. The third-order valence-electron chi connectivity index (χ3n) is 1.93. The van der Waals surface area contributed by atoms with E-state index in [4.69, 9.17) is 5.73 Å². The normalized spacial score (nSPS) is 13.7. The van der Waals surface area contributed by atoms with Gasteiger partial charge in [0, 0.05) is 6.54 Å². The van der Waals surface area contributed by atoms with Crippen molar-refractivity contribution in [2.75, 3.05) is 13.1 Å². The van der Waals surface area contributed by atoms with Gasteiger partial charge in [0.1, 0.15) is 6.54 Å². The number of rotatable bonds is 5. The lowest BCUT2D eigenvalue weighted by atomic mass is 10.2. The first-order valence-corrected chi connectivity index (χ1v) is 4.93. The molecule has 0 radical (unpaired) electrons. The van der Waals surface area contributed by atoms with Gasteiger partial charge in [-0.3, -0.25) is 4.79 Å². The predicted molar refractivity (Wildman–Crippen MR) is 51.2 cm³/mol. The summed E-state index contributed by atoms with van der Waals surface area (Å²) in [5.74, 6) is -0.628. The second-order valence-corrected chi connectivity index (χ2v) is 3.39. The lowest BCUT2D eigenvalue weighted by Crippen LogP contribution is -2.47. The Bertz CT molecular complexity index is 206. The fourth-order valence-corrected chi connectivity index (χ4v) is 1.16. The number of carbonyl (C=O) groups is 1. The smallest absolute Gasteiger partial charge is 0.332 e. The van der Waals surface area contributed by atoms with E-state index in [1.165, 1.54) is 0 Å². The van der Waals surface area contributed by atoms with Crippen LogP contribution in [-0.2, 0) is 4.79 Å². The van der Waals surface area contributed by atoms with E-state index in [-0.39, 0.29) is 6.54 Å². The minimum absolute atomic E-state index is 0.0893. The first-order chi connectivity index (χ1) is 6.81. The molecule has 0 saturated carbocycles. The van der Waals surface area contributed by atoms with Crippen molar-refractivity contribution in [1.82, 2.24) is 4.90 Å². The van der Waals surface area contributed by atoms with Gasteiger partial charge in [0.15, 0.2) is 0 Å². The van der Waals surface area contributed by atoms with Gasteiger partial charge in [-0.15, -0.1) is 0 Å². The first-order valence-electron chi connectivity index (χ1n) is 4.93. The van der Waals surface area contributed by atoms with E-state index in [2.05, 4.69) is 0 Å². The summed E-state index contributed by atoms with van der Waals surface area (Å²) in [4.78, 5) is 12.2. The number of hydrogen-bond acceptors (Lipinski definition) is 2. The fourth-order valence-electron chi connectivity index (χ4n) is 1.16. The molecule has 0 heterocycles. The van der Waals surface area contributed by atoms with Crippen LogP contribution in [0, 0.1) is 0 Å². The second kappa shape index (κ2) is 5.95. The Morgan fingerprint density at radius 3 is 2.27 bits per heavy atom. The number of nitrogens with zero attached hydrogens (tertiary/aromatic N) is 1. The predicted octanol–water partition coefficient (Wildman–Crippen LogP) is 1.52. The van der Waals surface area contributed by atoms with Gasteiger partial charge in [-0.05, 0) is 12.8 Å². The van der Waals surface area contributed by atoms with Crippen molar-refractivity contribution < 1.29 is 18.0 Å². The number of amides is 1. The molecule has 0 aromatic heterocycles. The first kappa shape index (κ1) is 14.2. The minimum Gasteiger partial charge on any atom is -0.332 e. The van der Waals surface area contributed by atoms with Gasteiger partial charge in [0.25, 0.3) is 0 Å². The number of hydrogen-bond donors (Lipinski definition) is 1. The summed E-state index contributed by atoms with van der Waals surface area (Å²) in [6.07, 6.45) is -3.53. The Morgan fingerprint density at radius 2 is 1.93 bits per heavy atom. The average molecular weight is 226 g/mol. The molecule has 0 aliphatic carbocycles. The molecule has 2 N–H and O–H groups in total. The molecule has 0 aliphatic rings. The van der Waals surface area contributed by atoms with Gasteiger partial charge in [0.2, 0.25) is 5.91 Å². The summed E-state index contributed by atoms with van der Waals surface area (Å²) in [6.45, 7) is 2.26. The van der Waals surface area contributed by atoms with E-state index < -0.39 is 24.7 Å². The molecule has 0 bridgehead atoms. The van der Waals surface area contributed by atoms with Crippen LogP contribution in [0.2, 0.25) is 0 Å². The molecule has 15 heavy (non-hydrogen) atoms. The molecule has 3 nitrogen and oxygen atoms in total. The minimum atomic E-state index is -4.36. The molecule has 0 rings (SSSR count). The highest BCUT2D eigenvalue weighted by atomic mass is 19.4. The van der Waals surface area contributed by atoms with Crippen molar-refractivity contribution in [2.45, 2.75) is 38.9 Å². The summed E-state index contributed by atoms with van der Waals surface area (Å²) in [6, 6.07) is -0.834. The summed E-state index contributed by atoms with van der Waals surface area (Å²) in [5, 5.41) is 0. The van der Waals surface area contributed by atoms with Crippen molar-refractivity contribution >= 4 is 5.91 Å². The summed E-state index contributed by atoms with van der Waals surface area (Å²) in [7, 11) is 0. The van der Waals surface area contributed by atoms with E-state index in [0.29, 0.717) is 12.8 Å². The third-order valence-corrected chi connectivity index (χ3v) is 1.93. The largest absolute Gasteiger partial charge is 0.406 e. The average Bonchev–Trinajstić information content (AvgIpc) is 2.13. The van der Waals surface area contributed by atoms with Crippen LogP contribution in [0.1, 0.15) is 26.7 Å². The fraction of sp³-hybridized carbons (Fsp3) is 0.889. The standard InChI is InChI=1S/C9H17F3N2O/c1-3-5-14(6-9(10,11)12)8(15)7(13)4-2/h7H,3-6,13H2,1-2H3/t7-/m0/s1. The van der Waals surface area contributed by atoms with Gasteiger partial charge in [-0.2, -0.15) is 13.2 Å². The topological polar surface area (TPSA) is 46.3 Å². The Labute approximate surface area is 87.4 Å². The quantitative estimate of drug-likeness (QED) is 0.772. The molecule has 0 aliphatic heterocycles. The van der Waals surface area contributed by atoms with Crippen LogP contribution in [0.15, 0.2) is 0 Å². The van der Waals surface area contributed by atoms with Gasteiger partial charge in [-0.1, -0.05) is 13.8 Å². The lowest BCUT2D eigenvalue weighted by molar-refractivity contribution is -0.162. The summed E-state index contributed by atoms with van der Waals surface area (Å²) >= 11 is 0. The zero-order valence-electron chi connectivity index (χ0n) is 8.97. The Kier molecular flexibility index (Phi) is 5.64. The van der Waals surface area contributed by atoms with Crippen molar-refractivity contribution in [1.29, 1.82) is 0 Å². The number of alkyl halides is 3. The highest BCUT2D eigenvalue weighted by Gasteiger charge is 2.33. The maximum atomic E-state index is 12.1. The SMILES string of the molecule is CCCN(CC(F)(F)F)C(=O)[C@@H](N)CC. The van der Waals surface area contributed by atoms with Crippen LogP contribution in [-0.4, -0.2) is 36.1 Å². The van der Waals surface area contributed by atoms with Crippen molar-refractivity contribution in [3.8, 4) is 0 Å². The van der Waals surface area contributed by atoms with E-state index in [0.717, 1.165) is 4.90 Å². The van der Waals surface area contributed by atoms with Crippen LogP contribution < -0.4 is 5.73 Å². The molecular weight excluding hydrogens is 209 g/mol. The van der Waals surface area contributed by atoms with Crippen molar-refractivity contribution in [2.24, 2.45) is 5.73 Å². The maximum absolute atomic E-state index is 12.1. The zero-order chi connectivity index (χ0) is 12.1. The van der Waals surface area contributed by atoms with Gasteiger partial charge >= 0.3 is 6.18 Å². The Hall–Kier alpha value is -0.780. The Balaban J connectivity index is 4.45. The highest BCUT2D eigenvalue weighted by molar-refractivity contribution is 5.81. The van der Waals surface area contributed by atoms with E-state index in [1.807, 2.05) is 0 Å². The van der Waals surface area contributed by atoms with Gasteiger partial charge < -0.3 is 10.6 Å². The maximum Gasteiger partial charge on any atom is 0.406 e. The van der Waals surface area contributed by atoms with Crippen LogP contribution in [0.25, 0.3) is 0 Å². The van der Waals surface area contributed by atoms with Crippen LogP contribution >= 0.6 is 0 Å². The van der Waals surface area contributed by atoms with Crippen LogP contribution in [0.5, 0.6) is 0 Å². The van der Waals surface area contributed by atoms with E-state index in [1.54, 1.807) is 13.8 Å². The third kappa shape index (κ3) is 5.61. The molecule has 90 valence electrons. The Morgan fingerprint density at radius 1 is 1.40 bits per heavy atom. The van der Waals surface area contributed by atoms with E-state index in [9.17, 15) is 18.0 Å². The molecule has 0 aromatic carbocycles. The molecular formula is C9H17F3N2O. The second-order valence-electron chi connectivity index (χ2n) is 3.39. The van der Waals surface area contributed by atoms with Crippen LogP contribution in [0.3, 0.4) is 0 Å². The summed E-state index contributed by atoms with van der Waals surface area (Å²) in [5.41, 5.74) is 5.41. The summed E-state index contributed by atoms with van der Waals surface area (Å²) < 4.78 is 36.4. The van der Waals surface area contributed by atoms with Crippen LogP contribution in [0.4, 0.5) is 13.2 Å². The van der Waals surface area contributed by atoms with Gasteiger partial charge in [-0.25, -0.2) is 0 Å². The van der Waals surface area contributed by atoms with Crippen molar-refractivity contribution in [3.05, 3.63) is 0 Å². The molecule has 1 amide bonds.